The monoisotopic (exact) mass is 314 g/mol. The molecule has 4 heteroatoms. The lowest BCUT2D eigenvalue weighted by Gasteiger charge is -2.26. The summed E-state index contributed by atoms with van der Waals surface area (Å²) >= 11 is 0. The largest absolute Gasteiger partial charge is 0.493 e. The Morgan fingerprint density at radius 2 is 1.96 bits per heavy atom. The van der Waals surface area contributed by atoms with Crippen molar-refractivity contribution in [1.82, 2.24) is 9.30 Å². The number of aryl methyl sites for hydroxylation is 2. The third-order valence-corrected chi connectivity index (χ3v) is 5.04. The maximum absolute atomic E-state index is 5.97. The molecule has 4 nitrogen and oxygen atoms in total. The third-order valence-electron chi connectivity index (χ3n) is 5.04. The zero-order chi connectivity index (χ0) is 15.5. The smallest absolute Gasteiger partial charge is 0.122 e. The zero-order valence-electron chi connectivity index (χ0n) is 13.8. The molecule has 0 atom stereocenters. The molecule has 0 aromatic carbocycles. The maximum atomic E-state index is 5.97. The van der Waals surface area contributed by atoms with E-state index < -0.39 is 0 Å². The average molecular weight is 314 g/mol. The third kappa shape index (κ3) is 3.38. The van der Waals surface area contributed by atoms with Gasteiger partial charge in [0.1, 0.15) is 5.75 Å². The molecule has 0 unspecified atom stereocenters. The van der Waals surface area contributed by atoms with Gasteiger partial charge in [-0.2, -0.15) is 0 Å². The van der Waals surface area contributed by atoms with Crippen LogP contribution >= 0.6 is 0 Å². The second kappa shape index (κ2) is 6.93. The summed E-state index contributed by atoms with van der Waals surface area (Å²) < 4.78 is 13.7. The molecule has 0 radical (unpaired) electrons. The SMILES string of the molecule is c1cn2c3c(cc2cc1OCCCN1CCOCC1)CCCC3. The van der Waals surface area contributed by atoms with Crippen LogP contribution in [0.1, 0.15) is 30.5 Å². The van der Waals surface area contributed by atoms with E-state index in [2.05, 4.69) is 33.7 Å². The fourth-order valence-corrected chi connectivity index (χ4v) is 3.77. The Kier molecular flexibility index (Phi) is 4.53. The van der Waals surface area contributed by atoms with Crippen LogP contribution in [0.4, 0.5) is 0 Å². The highest BCUT2D eigenvalue weighted by molar-refractivity contribution is 5.57. The minimum atomic E-state index is 0.786. The molecule has 2 aromatic rings. The summed E-state index contributed by atoms with van der Waals surface area (Å²) in [5.41, 5.74) is 4.31. The van der Waals surface area contributed by atoms with Gasteiger partial charge < -0.3 is 13.9 Å². The molecular weight excluding hydrogens is 288 g/mol. The van der Waals surface area contributed by atoms with Crippen LogP contribution in [0.2, 0.25) is 0 Å². The van der Waals surface area contributed by atoms with Crippen molar-refractivity contribution in [3.63, 3.8) is 0 Å². The summed E-state index contributed by atoms with van der Waals surface area (Å²) in [6, 6.07) is 6.64. The summed E-state index contributed by atoms with van der Waals surface area (Å²) in [4.78, 5) is 2.46. The molecule has 4 rings (SSSR count). The first-order chi connectivity index (χ1) is 11.4. The van der Waals surface area contributed by atoms with E-state index in [9.17, 15) is 0 Å². The molecule has 3 heterocycles. The van der Waals surface area contributed by atoms with Gasteiger partial charge in [-0.15, -0.1) is 0 Å². The van der Waals surface area contributed by atoms with Crippen LogP contribution in [-0.4, -0.2) is 48.8 Å². The van der Waals surface area contributed by atoms with E-state index >= 15 is 0 Å². The number of nitrogens with zero attached hydrogens (tertiary/aromatic N) is 2. The molecule has 2 aromatic heterocycles. The topological polar surface area (TPSA) is 26.1 Å². The Hall–Kier alpha value is -1.52. The van der Waals surface area contributed by atoms with Crippen LogP contribution in [0.25, 0.3) is 5.52 Å². The van der Waals surface area contributed by atoms with Crippen molar-refractivity contribution in [2.24, 2.45) is 0 Å². The average Bonchev–Trinajstić information content (AvgIpc) is 2.97. The van der Waals surface area contributed by atoms with E-state index in [4.69, 9.17) is 9.47 Å². The van der Waals surface area contributed by atoms with Crippen LogP contribution in [-0.2, 0) is 17.6 Å². The van der Waals surface area contributed by atoms with Gasteiger partial charge in [0.2, 0.25) is 0 Å². The molecule has 2 aliphatic rings. The number of hydrogen-bond donors (Lipinski definition) is 0. The lowest BCUT2D eigenvalue weighted by atomic mass is 9.98. The van der Waals surface area contributed by atoms with Crippen molar-refractivity contribution in [3.8, 4) is 5.75 Å². The van der Waals surface area contributed by atoms with Gasteiger partial charge >= 0.3 is 0 Å². The van der Waals surface area contributed by atoms with E-state index in [0.29, 0.717) is 0 Å². The molecule has 1 saturated heterocycles. The van der Waals surface area contributed by atoms with Crippen molar-refractivity contribution in [2.75, 3.05) is 39.5 Å². The minimum Gasteiger partial charge on any atom is -0.493 e. The van der Waals surface area contributed by atoms with Gasteiger partial charge in [-0.1, -0.05) is 0 Å². The molecule has 23 heavy (non-hydrogen) atoms. The first-order valence-electron chi connectivity index (χ1n) is 8.96. The van der Waals surface area contributed by atoms with Crippen molar-refractivity contribution >= 4 is 5.52 Å². The van der Waals surface area contributed by atoms with Gasteiger partial charge in [-0.25, -0.2) is 0 Å². The molecule has 1 fully saturated rings. The standard InChI is InChI=1S/C19H26N2O2/c1-2-5-19-16(4-1)14-17-15-18(6-8-21(17)19)23-11-3-7-20-9-12-22-13-10-20/h6,8,14-15H,1-5,7,9-13H2. The van der Waals surface area contributed by atoms with Gasteiger partial charge in [0, 0.05) is 43.1 Å². The molecule has 0 bridgehead atoms. The zero-order valence-corrected chi connectivity index (χ0v) is 13.8. The molecule has 0 saturated carbocycles. The number of morpholine rings is 1. The number of pyridine rings is 1. The second-order valence-electron chi connectivity index (χ2n) is 6.64. The van der Waals surface area contributed by atoms with Crippen molar-refractivity contribution in [2.45, 2.75) is 32.1 Å². The fraction of sp³-hybridized carbons (Fsp3) is 0.579. The predicted molar refractivity (Wildman–Crippen MR) is 91.4 cm³/mol. The molecule has 1 aliphatic carbocycles. The lowest BCUT2D eigenvalue weighted by Crippen LogP contribution is -2.37. The van der Waals surface area contributed by atoms with E-state index in [1.165, 1.54) is 42.5 Å². The maximum Gasteiger partial charge on any atom is 0.122 e. The van der Waals surface area contributed by atoms with Crippen LogP contribution < -0.4 is 4.74 Å². The molecule has 124 valence electrons. The van der Waals surface area contributed by atoms with Crippen LogP contribution in [0.5, 0.6) is 5.75 Å². The normalized spacial score (nSPS) is 19.0. The number of ether oxygens (including phenoxy) is 2. The molecule has 1 aliphatic heterocycles. The van der Waals surface area contributed by atoms with Gasteiger partial charge in [0.15, 0.2) is 0 Å². The van der Waals surface area contributed by atoms with Crippen molar-refractivity contribution < 1.29 is 9.47 Å². The molecular formula is C19H26N2O2. The highest BCUT2D eigenvalue weighted by Gasteiger charge is 2.14. The van der Waals surface area contributed by atoms with E-state index in [0.717, 1.165) is 51.6 Å². The van der Waals surface area contributed by atoms with E-state index in [1.807, 2.05) is 0 Å². The Labute approximate surface area is 138 Å². The number of aromatic nitrogens is 1. The summed E-state index contributed by atoms with van der Waals surface area (Å²) in [5, 5.41) is 0. The number of rotatable bonds is 5. The van der Waals surface area contributed by atoms with E-state index in [-0.39, 0.29) is 0 Å². The van der Waals surface area contributed by atoms with Gasteiger partial charge in [0.05, 0.1) is 19.8 Å². The molecule has 0 spiro atoms. The van der Waals surface area contributed by atoms with Gasteiger partial charge in [-0.3, -0.25) is 4.90 Å². The first kappa shape index (κ1) is 15.0. The van der Waals surface area contributed by atoms with Gasteiger partial charge in [0.25, 0.3) is 0 Å². The highest BCUT2D eigenvalue weighted by Crippen LogP contribution is 2.27. The van der Waals surface area contributed by atoms with Crippen LogP contribution in [0.15, 0.2) is 24.4 Å². The Balaban J connectivity index is 1.34. The molecule has 0 amide bonds. The minimum absolute atomic E-state index is 0.786. The Bertz CT molecular complexity index is 659. The summed E-state index contributed by atoms with van der Waals surface area (Å²) in [5.74, 6) is 0.995. The van der Waals surface area contributed by atoms with Crippen LogP contribution in [0, 0.1) is 0 Å². The Morgan fingerprint density at radius 1 is 1.09 bits per heavy atom. The summed E-state index contributed by atoms with van der Waals surface area (Å²) in [6.45, 7) is 5.75. The lowest BCUT2D eigenvalue weighted by molar-refractivity contribution is 0.0358. The second-order valence-corrected chi connectivity index (χ2v) is 6.64. The summed E-state index contributed by atoms with van der Waals surface area (Å²) in [6.07, 6.45) is 8.34. The highest BCUT2D eigenvalue weighted by atomic mass is 16.5. The fourth-order valence-electron chi connectivity index (χ4n) is 3.77. The quantitative estimate of drug-likeness (QED) is 0.794. The summed E-state index contributed by atoms with van der Waals surface area (Å²) in [7, 11) is 0. The number of hydrogen-bond acceptors (Lipinski definition) is 3. The first-order valence-corrected chi connectivity index (χ1v) is 8.96. The van der Waals surface area contributed by atoms with Crippen molar-refractivity contribution in [1.29, 1.82) is 0 Å². The van der Waals surface area contributed by atoms with Crippen LogP contribution in [0.3, 0.4) is 0 Å². The Morgan fingerprint density at radius 3 is 2.87 bits per heavy atom. The molecule has 0 N–H and O–H groups in total. The van der Waals surface area contributed by atoms with Gasteiger partial charge in [-0.05, 0) is 49.8 Å². The van der Waals surface area contributed by atoms with Crippen molar-refractivity contribution in [3.05, 3.63) is 35.7 Å². The predicted octanol–water partition coefficient (Wildman–Crippen LogP) is 2.92. The number of fused-ring (bicyclic) bond motifs is 3. The van der Waals surface area contributed by atoms with E-state index in [1.54, 1.807) is 0 Å².